The second kappa shape index (κ2) is 5.65. The summed E-state index contributed by atoms with van der Waals surface area (Å²) in [5.41, 5.74) is 0. The van der Waals surface area contributed by atoms with Gasteiger partial charge in [0, 0.05) is 25.7 Å². The third kappa shape index (κ3) is 3.64. The van der Waals surface area contributed by atoms with Gasteiger partial charge in [0.15, 0.2) is 0 Å². The van der Waals surface area contributed by atoms with Gasteiger partial charge >= 0.3 is 0 Å². The molecule has 6 heteroatoms. The van der Waals surface area contributed by atoms with Crippen molar-refractivity contribution in [2.45, 2.75) is 38.1 Å². The van der Waals surface area contributed by atoms with Crippen molar-refractivity contribution in [2.24, 2.45) is 5.92 Å². The average molecular weight is 261 g/mol. The van der Waals surface area contributed by atoms with E-state index in [1.807, 2.05) is 7.05 Å². The number of hydrogen-bond acceptors (Lipinski definition) is 3. The molecule has 100 valence electrons. The monoisotopic (exact) mass is 261 g/mol. The minimum absolute atomic E-state index is 0.116. The Kier molecular flexibility index (Phi) is 4.41. The van der Waals surface area contributed by atoms with Crippen LogP contribution in [-0.2, 0) is 10.2 Å². The molecule has 0 spiro atoms. The second-order valence-electron chi connectivity index (χ2n) is 5.11. The molecular weight excluding hydrogens is 238 g/mol. The molecule has 0 aromatic heterocycles. The highest BCUT2D eigenvalue weighted by Gasteiger charge is 2.33. The summed E-state index contributed by atoms with van der Waals surface area (Å²) >= 11 is 0. The summed E-state index contributed by atoms with van der Waals surface area (Å²) in [4.78, 5) is 0. The third-order valence-electron chi connectivity index (χ3n) is 3.57. The average Bonchev–Trinajstić information content (AvgIpc) is 3.11. The van der Waals surface area contributed by atoms with E-state index < -0.39 is 10.2 Å². The molecular formula is C11H23N3O2S. The first-order chi connectivity index (χ1) is 8.13. The molecule has 1 atom stereocenters. The summed E-state index contributed by atoms with van der Waals surface area (Å²) in [6, 6.07) is 0.116. The van der Waals surface area contributed by atoms with Crippen molar-refractivity contribution in [3.63, 3.8) is 0 Å². The molecule has 0 amide bonds. The predicted octanol–water partition coefficient (Wildman–Crippen LogP) is 0.305. The van der Waals surface area contributed by atoms with Gasteiger partial charge in [0.25, 0.3) is 10.2 Å². The lowest BCUT2D eigenvalue weighted by atomic mass is 10.1. The minimum atomic E-state index is -3.27. The Hall–Kier alpha value is -0.170. The zero-order chi connectivity index (χ0) is 12.3. The van der Waals surface area contributed by atoms with Gasteiger partial charge < -0.3 is 5.32 Å². The van der Waals surface area contributed by atoms with Crippen LogP contribution in [0.15, 0.2) is 0 Å². The van der Waals surface area contributed by atoms with Crippen LogP contribution in [0.5, 0.6) is 0 Å². The molecule has 2 aliphatic rings. The highest BCUT2D eigenvalue weighted by Crippen LogP contribution is 2.28. The smallest absolute Gasteiger partial charge is 0.279 e. The van der Waals surface area contributed by atoms with E-state index in [1.165, 1.54) is 12.8 Å². The molecule has 1 aliphatic carbocycles. The number of likely N-dealkylation sites (N-methyl/N-ethyl adjacent to an activating group) is 1. The van der Waals surface area contributed by atoms with Crippen LogP contribution in [0, 0.1) is 5.92 Å². The topological polar surface area (TPSA) is 61.4 Å². The molecule has 1 saturated heterocycles. The van der Waals surface area contributed by atoms with E-state index in [4.69, 9.17) is 0 Å². The van der Waals surface area contributed by atoms with Crippen LogP contribution in [0.25, 0.3) is 0 Å². The molecule has 2 N–H and O–H groups in total. The molecule has 0 radical (unpaired) electrons. The second-order valence-corrected chi connectivity index (χ2v) is 6.82. The highest BCUT2D eigenvalue weighted by molar-refractivity contribution is 7.87. The maximum atomic E-state index is 12.2. The fourth-order valence-electron chi connectivity index (χ4n) is 2.36. The Morgan fingerprint density at radius 1 is 1.18 bits per heavy atom. The highest BCUT2D eigenvalue weighted by atomic mass is 32.2. The first-order valence-corrected chi connectivity index (χ1v) is 7.98. The van der Waals surface area contributed by atoms with Crippen molar-refractivity contribution < 1.29 is 8.42 Å². The summed E-state index contributed by atoms with van der Waals surface area (Å²) < 4.78 is 28.8. The van der Waals surface area contributed by atoms with Crippen molar-refractivity contribution in [3.05, 3.63) is 0 Å². The van der Waals surface area contributed by atoms with Crippen LogP contribution < -0.4 is 10.0 Å². The SMILES string of the molecule is CNCC1CCCCN1S(=O)(=O)NCC1CC1. The minimum Gasteiger partial charge on any atom is -0.318 e. The number of piperidine rings is 1. The first kappa shape index (κ1) is 13.3. The van der Waals surface area contributed by atoms with Crippen molar-refractivity contribution in [1.82, 2.24) is 14.3 Å². The number of hydrogen-bond donors (Lipinski definition) is 2. The largest absolute Gasteiger partial charge is 0.318 e. The molecule has 1 unspecified atom stereocenters. The molecule has 0 aromatic carbocycles. The van der Waals surface area contributed by atoms with Gasteiger partial charge in [-0.15, -0.1) is 0 Å². The molecule has 0 bridgehead atoms. The Labute approximate surface area is 104 Å². The molecule has 0 aromatic rings. The van der Waals surface area contributed by atoms with E-state index in [0.717, 1.165) is 25.8 Å². The van der Waals surface area contributed by atoms with Crippen molar-refractivity contribution in [2.75, 3.05) is 26.7 Å². The van der Waals surface area contributed by atoms with E-state index in [-0.39, 0.29) is 6.04 Å². The van der Waals surface area contributed by atoms with Gasteiger partial charge in [-0.1, -0.05) is 6.42 Å². The van der Waals surface area contributed by atoms with Gasteiger partial charge in [0.1, 0.15) is 0 Å². The lowest BCUT2D eigenvalue weighted by molar-refractivity contribution is 0.246. The van der Waals surface area contributed by atoms with Gasteiger partial charge in [0.2, 0.25) is 0 Å². The summed E-state index contributed by atoms with van der Waals surface area (Å²) in [7, 11) is -1.39. The zero-order valence-electron chi connectivity index (χ0n) is 10.5. The first-order valence-electron chi connectivity index (χ1n) is 6.54. The van der Waals surface area contributed by atoms with E-state index in [0.29, 0.717) is 19.0 Å². The predicted molar refractivity (Wildman–Crippen MR) is 67.9 cm³/mol. The van der Waals surface area contributed by atoms with Crippen LogP contribution >= 0.6 is 0 Å². The van der Waals surface area contributed by atoms with Crippen LogP contribution in [-0.4, -0.2) is 45.4 Å². The Bertz CT molecular complexity index is 339. The number of nitrogens with zero attached hydrogens (tertiary/aromatic N) is 1. The van der Waals surface area contributed by atoms with Gasteiger partial charge in [-0.05, 0) is 38.6 Å². The maximum absolute atomic E-state index is 12.2. The van der Waals surface area contributed by atoms with Gasteiger partial charge in [-0.3, -0.25) is 0 Å². The molecule has 5 nitrogen and oxygen atoms in total. The molecule has 1 aliphatic heterocycles. The van der Waals surface area contributed by atoms with E-state index in [1.54, 1.807) is 4.31 Å². The summed E-state index contributed by atoms with van der Waals surface area (Å²) in [6.45, 7) is 2.02. The van der Waals surface area contributed by atoms with E-state index >= 15 is 0 Å². The van der Waals surface area contributed by atoms with Crippen LogP contribution in [0.4, 0.5) is 0 Å². The molecule has 2 rings (SSSR count). The normalized spacial score (nSPS) is 27.2. The summed E-state index contributed by atoms with van der Waals surface area (Å²) in [5, 5.41) is 3.08. The fourth-order valence-corrected chi connectivity index (χ4v) is 3.91. The Morgan fingerprint density at radius 2 is 1.94 bits per heavy atom. The molecule has 1 saturated carbocycles. The Morgan fingerprint density at radius 3 is 2.59 bits per heavy atom. The van der Waals surface area contributed by atoms with E-state index in [2.05, 4.69) is 10.0 Å². The third-order valence-corrected chi connectivity index (χ3v) is 5.20. The number of nitrogens with one attached hydrogen (secondary N) is 2. The quantitative estimate of drug-likeness (QED) is 0.723. The summed E-state index contributed by atoms with van der Waals surface area (Å²) in [5.74, 6) is 0.581. The summed E-state index contributed by atoms with van der Waals surface area (Å²) in [6.07, 6.45) is 5.40. The van der Waals surface area contributed by atoms with Crippen LogP contribution in [0.2, 0.25) is 0 Å². The molecule has 2 fully saturated rings. The maximum Gasteiger partial charge on any atom is 0.279 e. The molecule has 17 heavy (non-hydrogen) atoms. The van der Waals surface area contributed by atoms with Crippen molar-refractivity contribution >= 4 is 10.2 Å². The van der Waals surface area contributed by atoms with Crippen molar-refractivity contribution in [3.8, 4) is 0 Å². The van der Waals surface area contributed by atoms with E-state index in [9.17, 15) is 8.42 Å². The Balaban J connectivity index is 1.95. The van der Waals surface area contributed by atoms with Crippen LogP contribution in [0.3, 0.4) is 0 Å². The van der Waals surface area contributed by atoms with Crippen LogP contribution in [0.1, 0.15) is 32.1 Å². The fraction of sp³-hybridized carbons (Fsp3) is 1.00. The zero-order valence-corrected chi connectivity index (χ0v) is 11.3. The lowest BCUT2D eigenvalue weighted by Crippen LogP contribution is -2.52. The standard InChI is InChI=1S/C11H23N3O2S/c1-12-9-11-4-2-3-7-14(11)17(15,16)13-8-10-5-6-10/h10-13H,2-9H2,1H3. The lowest BCUT2D eigenvalue weighted by Gasteiger charge is -2.34. The molecule has 1 heterocycles. The van der Waals surface area contributed by atoms with Crippen molar-refractivity contribution in [1.29, 1.82) is 0 Å². The van der Waals surface area contributed by atoms with Gasteiger partial charge in [-0.25, -0.2) is 4.72 Å². The van der Waals surface area contributed by atoms with Gasteiger partial charge in [0.05, 0.1) is 0 Å². The number of rotatable bonds is 6. The van der Waals surface area contributed by atoms with Gasteiger partial charge in [-0.2, -0.15) is 12.7 Å².